The van der Waals surface area contributed by atoms with Crippen molar-refractivity contribution in [3.8, 4) is 16.8 Å². The van der Waals surface area contributed by atoms with Gasteiger partial charge in [-0.3, -0.25) is 0 Å². The molecular formula is C72H66BN3OS2. The Morgan fingerprint density at radius 3 is 1.68 bits per heavy atom. The summed E-state index contributed by atoms with van der Waals surface area (Å²) in [6.45, 7) is 27.5. The van der Waals surface area contributed by atoms with Crippen LogP contribution in [-0.4, -0.2) is 11.8 Å². The molecule has 0 amide bonds. The van der Waals surface area contributed by atoms with Crippen molar-refractivity contribution in [2.24, 2.45) is 0 Å². The fraction of sp³-hybridized carbons (Fsp3) is 0.222. The molecule has 390 valence electrons. The molecule has 0 aliphatic carbocycles. The van der Waals surface area contributed by atoms with E-state index in [1.54, 1.807) is 0 Å². The Hall–Kier alpha value is -7.58. The number of furan rings is 1. The van der Waals surface area contributed by atoms with Gasteiger partial charge in [0.25, 0.3) is 0 Å². The number of thiophene rings is 2. The molecule has 14 rings (SSSR count). The fourth-order valence-electron chi connectivity index (χ4n) is 12.3. The Morgan fingerprint density at radius 2 is 1.03 bits per heavy atom. The lowest BCUT2D eigenvalue weighted by Crippen LogP contribution is -2.35. The second-order valence-corrected chi connectivity index (χ2v) is 28.6. The highest BCUT2D eigenvalue weighted by molar-refractivity contribution is 7.29. The maximum absolute atomic E-state index is 6.95. The van der Waals surface area contributed by atoms with Crippen LogP contribution in [0.5, 0.6) is 0 Å². The van der Waals surface area contributed by atoms with E-state index in [2.05, 4.69) is 268 Å². The second-order valence-electron chi connectivity index (χ2n) is 26.4. The van der Waals surface area contributed by atoms with E-state index in [1.807, 2.05) is 22.7 Å². The summed E-state index contributed by atoms with van der Waals surface area (Å²) in [4.78, 5) is 2.39. The van der Waals surface area contributed by atoms with E-state index in [0.29, 0.717) is 0 Å². The average molecular weight is 1060 g/mol. The van der Waals surface area contributed by atoms with Crippen LogP contribution in [0.3, 0.4) is 0 Å². The van der Waals surface area contributed by atoms with Gasteiger partial charge in [-0.2, -0.15) is 0 Å². The van der Waals surface area contributed by atoms with Crippen LogP contribution in [0.1, 0.15) is 105 Å². The van der Waals surface area contributed by atoms with Crippen molar-refractivity contribution in [2.75, 3.05) is 10.2 Å². The molecule has 0 saturated carbocycles. The first-order chi connectivity index (χ1) is 37.6. The summed E-state index contributed by atoms with van der Waals surface area (Å²) in [6.07, 6.45) is 0. The Kier molecular flexibility index (Phi) is 11.0. The van der Waals surface area contributed by atoms with Crippen molar-refractivity contribution in [1.82, 2.24) is 4.57 Å². The number of aromatic nitrogens is 1. The second kappa shape index (κ2) is 17.5. The van der Waals surface area contributed by atoms with E-state index in [0.717, 1.165) is 63.2 Å². The quantitative estimate of drug-likeness (QED) is 0.169. The molecule has 5 heterocycles. The van der Waals surface area contributed by atoms with E-state index in [4.69, 9.17) is 4.42 Å². The first-order valence-electron chi connectivity index (χ1n) is 28.0. The lowest BCUT2D eigenvalue weighted by Gasteiger charge is -2.28. The van der Waals surface area contributed by atoms with Crippen LogP contribution in [0.2, 0.25) is 0 Å². The number of hydrogen-bond donors (Lipinski definition) is 1. The lowest BCUT2D eigenvalue weighted by molar-refractivity contribution is 0.590. The number of rotatable bonds is 6. The van der Waals surface area contributed by atoms with Gasteiger partial charge in [-0.15, -0.1) is 22.7 Å². The molecule has 4 nitrogen and oxygen atoms in total. The predicted molar refractivity (Wildman–Crippen MR) is 347 cm³/mol. The molecule has 0 spiro atoms. The van der Waals surface area contributed by atoms with Crippen LogP contribution in [0.15, 0.2) is 174 Å². The third kappa shape index (κ3) is 8.21. The van der Waals surface area contributed by atoms with Crippen molar-refractivity contribution in [3.63, 3.8) is 0 Å². The molecule has 79 heavy (non-hydrogen) atoms. The minimum absolute atomic E-state index is 0.0148. The van der Waals surface area contributed by atoms with Crippen LogP contribution in [0, 0.1) is 0 Å². The molecule has 4 aromatic heterocycles. The molecular weight excluding hydrogens is 998 g/mol. The minimum atomic E-state index is 0.0148. The predicted octanol–water partition coefficient (Wildman–Crippen LogP) is 20.0. The Bertz CT molecular complexity index is 4560. The van der Waals surface area contributed by atoms with E-state index < -0.39 is 0 Å². The Morgan fingerprint density at radius 1 is 0.430 bits per heavy atom. The number of benzene rings is 9. The standard InChI is InChI=1S/C72H66BN3OS2/c1-69(2,3)41-17-24-45(25-18-41)74-58-39-61-55(54-36-48(30-33-60(54)77-61)75(46-26-19-42(20-27-46)70(4,5)6)47-28-21-43(22-29-47)71(7,8)9)37-52(58)50-31-32-51-53-38-56-49-15-13-14-16-62(49)78-64(56)40-59(53)76-66(51)65(50)73-68-67(76)57-35-44(72(10,11)12)23-34-63(57)79-68/h13-40,73-74H,1-12H3. The summed E-state index contributed by atoms with van der Waals surface area (Å²) in [5.41, 5.74) is 20.1. The summed E-state index contributed by atoms with van der Waals surface area (Å²) in [5, 5.41) is 12.7. The van der Waals surface area contributed by atoms with Gasteiger partial charge >= 0.3 is 0 Å². The number of nitrogens with one attached hydrogen (secondary N) is 1. The smallest absolute Gasteiger partial charge is 0.211 e. The summed E-state index contributed by atoms with van der Waals surface area (Å²) in [5.74, 6) is 0. The first kappa shape index (κ1) is 49.7. The maximum Gasteiger partial charge on any atom is 0.211 e. The highest BCUT2D eigenvalue weighted by Gasteiger charge is 2.32. The number of fused-ring (bicyclic) bond motifs is 13. The maximum atomic E-state index is 6.95. The molecule has 13 aromatic rings. The highest BCUT2D eigenvalue weighted by atomic mass is 32.1. The van der Waals surface area contributed by atoms with Crippen LogP contribution in [0.25, 0.3) is 90.8 Å². The Balaban J connectivity index is 1.01. The highest BCUT2D eigenvalue weighted by Crippen LogP contribution is 2.47. The molecule has 0 radical (unpaired) electrons. The van der Waals surface area contributed by atoms with Crippen molar-refractivity contribution >= 4 is 143 Å². The molecule has 7 heteroatoms. The topological polar surface area (TPSA) is 33.3 Å². The third-order valence-corrected chi connectivity index (χ3v) is 19.1. The number of hydrogen-bond acceptors (Lipinski definition) is 5. The van der Waals surface area contributed by atoms with Crippen molar-refractivity contribution in [3.05, 3.63) is 192 Å². The van der Waals surface area contributed by atoms with Gasteiger partial charge in [0.15, 0.2) is 0 Å². The van der Waals surface area contributed by atoms with Gasteiger partial charge in [-0.1, -0.05) is 156 Å². The zero-order chi connectivity index (χ0) is 54.7. The lowest BCUT2D eigenvalue weighted by atomic mass is 9.63. The molecule has 9 aromatic carbocycles. The average Bonchev–Trinajstić information content (AvgIpc) is 4.38. The van der Waals surface area contributed by atoms with Gasteiger partial charge in [-0.05, 0) is 151 Å². The molecule has 1 aliphatic rings. The zero-order valence-corrected chi connectivity index (χ0v) is 49.1. The molecule has 0 fully saturated rings. The minimum Gasteiger partial charge on any atom is -0.456 e. The van der Waals surface area contributed by atoms with Crippen LogP contribution in [0.4, 0.5) is 28.4 Å². The summed E-state index contributed by atoms with van der Waals surface area (Å²) < 4.78 is 15.0. The monoisotopic (exact) mass is 1060 g/mol. The molecule has 0 saturated heterocycles. The zero-order valence-electron chi connectivity index (χ0n) is 47.5. The molecule has 0 unspecified atom stereocenters. The molecule has 1 aliphatic heterocycles. The molecule has 1 N–H and O–H groups in total. The fourth-order valence-corrected chi connectivity index (χ4v) is 14.6. The van der Waals surface area contributed by atoms with Crippen molar-refractivity contribution in [1.29, 1.82) is 0 Å². The van der Waals surface area contributed by atoms with E-state index in [9.17, 15) is 0 Å². The van der Waals surface area contributed by atoms with Gasteiger partial charge in [0.2, 0.25) is 7.28 Å². The summed E-state index contributed by atoms with van der Waals surface area (Å²) in [6, 6.07) is 64.5. The van der Waals surface area contributed by atoms with Gasteiger partial charge in [0, 0.05) is 91.7 Å². The van der Waals surface area contributed by atoms with Crippen LogP contribution in [-0.2, 0) is 21.7 Å². The summed E-state index contributed by atoms with van der Waals surface area (Å²) in [7, 11) is 0.824. The van der Waals surface area contributed by atoms with Crippen molar-refractivity contribution in [2.45, 2.75) is 105 Å². The largest absolute Gasteiger partial charge is 0.456 e. The summed E-state index contributed by atoms with van der Waals surface area (Å²) >= 11 is 3.86. The molecule has 0 atom stereocenters. The normalized spacial score (nSPS) is 13.2. The Labute approximate surface area is 472 Å². The third-order valence-electron chi connectivity index (χ3n) is 16.8. The number of anilines is 5. The first-order valence-corrected chi connectivity index (χ1v) is 29.6. The van der Waals surface area contributed by atoms with E-state index in [-0.39, 0.29) is 21.7 Å². The molecule has 0 bridgehead atoms. The van der Waals surface area contributed by atoms with Crippen LogP contribution < -0.4 is 20.5 Å². The van der Waals surface area contributed by atoms with E-state index in [1.165, 1.54) is 95.8 Å². The van der Waals surface area contributed by atoms with Gasteiger partial charge in [-0.25, -0.2) is 0 Å². The van der Waals surface area contributed by atoms with Crippen molar-refractivity contribution < 1.29 is 4.42 Å². The number of nitrogens with zero attached hydrogens (tertiary/aromatic N) is 2. The van der Waals surface area contributed by atoms with Gasteiger partial charge in [0.05, 0.1) is 16.9 Å². The SMILES string of the molecule is CC(C)(C)c1ccc(Nc2cc3oc4ccc(N(c5ccc(C(C)(C)C)cc5)c5ccc(C(C)(C)C)cc5)cc4c3cc2-c2ccc3c4cc5c(cc4n4c3c2Bc2sc3ccc(C(C)(C)C)cc3c2-4)sc2ccccc25)cc1. The van der Waals surface area contributed by atoms with Gasteiger partial charge in [0.1, 0.15) is 11.2 Å². The van der Waals surface area contributed by atoms with Crippen LogP contribution >= 0.6 is 22.7 Å². The van der Waals surface area contributed by atoms with E-state index >= 15 is 0 Å². The van der Waals surface area contributed by atoms with Gasteiger partial charge < -0.3 is 19.2 Å².